The van der Waals surface area contributed by atoms with Gasteiger partial charge in [0.15, 0.2) is 0 Å². The Bertz CT molecular complexity index is 1530. The van der Waals surface area contributed by atoms with Crippen LogP contribution in [0.1, 0.15) is 27.2 Å². The monoisotopic (exact) mass is 446 g/mol. The first-order valence-electron chi connectivity index (χ1n) is 9.84. The predicted molar refractivity (Wildman–Crippen MR) is 119 cm³/mol. The Morgan fingerprint density at radius 2 is 1.66 bits per heavy atom. The molecular weight excluding hydrogens is 428 g/mol. The van der Waals surface area contributed by atoms with Crippen molar-refractivity contribution >= 4 is 26.8 Å². The number of ether oxygens (including phenoxy) is 1. The molecule has 5 rings (SSSR count). The second-order valence-electron chi connectivity index (χ2n) is 7.55. The topological polar surface area (TPSA) is 95.5 Å². The van der Waals surface area contributed by atoms with E-state index in [9.17, 15) is 13.2 Å². The highest BCUT2D eigenvalue weighted by atomic mass is 32.2. The number of carbonyl (C=O) groups excluding carboxylic acids is 1. The van der Waals surface area contributed by atoms with Crippen LogP contribution in [0.15, 0.2) is 59.6 Å². The number of benzene rings is 2. The molecule has 1 aliphatic rings. The summed E-state index contributed by atoms with van der Waals surface area (Å²) in [7, 11) is -2.69. The largest absolute Gasteiger partial charge is 0.497 e. The number of hydrogen-bond acceptors (Lipinski definition) is 7. The van der Waals surface area contributed by atoms with Crippen molar-refractivity contribution in [1.29, 1.82) is 0 Å². The van der Waals surface area contributed by atoms with Gasteiger partial charge >= 0.3 is 10.1 Å². The average Bonchev–Trinajstić information content (AvgIpc) is 3.08. The summed E-state index contributed by atoms with van der Waals surface area (Å²) in [4.78, 5) is 22.0. The Hall–Kier alpha value is -3.78. The number of methoxy groups -OCH3 is 1. The average molecular weight is 446 g/mol. The molecule has 0 N–H and O–H groups in total. The maximum atomic E-state index is 13.4. The second-order valence-corrected chi connectivity index (χ2v) is 9.09. The van der Waals surface area contributed by atoms with E-state index in [1.54, 1.807) is 49.5 Å². The van der Waals surface area contributed by atoms with Gasteiger partial charge in [-0.3, -0.25) is 9.78 Å². The van der Waals surface area contributed by atoms with E-state index in [2.05, 4.69) is 9.97 Å². The van der Waals surface area contributed by atoms with Gasteiger partial charge in [-0.1, -0.05) is 17.7 Å². The van der Waals surface area contributed by atoms with Gasteiger partial charge in [-0.2, -0.15) is 8.42 Å². The minimum absolute atomic E-state index is 0.0230. The van der Waals surface area contributed by atoms with Crippen molar-refractivity contribution in [3.63, 3.8) is 0 Å². The molecule has 0 amide bonds. The van der Waals surface area contributed by atoms with E-state index in [4.69, 9.17) is 8.92 Å². The zero-order valence-electron chi connectivity index (χ0n) is 17.5. The number of rotatable bonds is 4. The molecule has 8 heteroatoms. The van der Waals surface area contributed by atoms with E-state index in [1.165, 1.54) is 19.2 Å². The van der Waals surface area contributed by atoms with E-state index in [-0.39, 0.29) is 22.1 Å². The number of hydrogen-bond donors (Lipinski definition) is 0. The number of carbonyl (C=O) groups is 1. The number of aryl methyl sites for hydroxylation is 2. The summed E-state index contributed by atoms with van der Waals surface area (Å²) in [6, 6.07) is 13.3. The van der Waals surface area contributed by atoms with Crippen LogP contribution in [0.5, 0.6) is 11.6 Å². The van der Waals surface area contributed by atoms with Crippen LogP contribution < -0.4 is 8.92 Å². The molecule has 0 bridgehead atoms. The van der Waals surface area contributed by atoms with Gasteiger partial charge in [-0.15, -0.1) is 0 Å². The van der Waals surface area contributed by atoms with Gasteiger partial charge in [0.2, 0.25) is 11.7 Å². The molecule has 0 spiro atoms. The molecule has 0 unspecified atom stereocenters. The summed E-state index contributed by atoms with van der Waals surface area (Å²) < 4.78 is 36.8. The van der Waals surface area contributed by atoms with Crippen LogP contribution in [0, 0.1) is 13.8 Å². The lowest BCUT2D eigenvalue weighted by Gasteiger charge is -2.13. The van der Waals surface area contributed by atoms with Crippen molar-refractivity contribution in [3.05, 3.63) is 77.1 Å². The zero-order valence-corrected chi connectivity index (χ0v) is 18.4. The van der Waals surface area contributed by atoms with Gasteiger partial charge in [0, 0.05) is 28.9 Å². The molecule has 0 saturated carbocycles. The lowest BCUT2D eigenvalue weighted by atomic mass is 10.0. The minimum atomic E-state index is -4.22. The molecule has 0 fully saturated rings. The molecule has 2 heterocycles. The van der Waals surface area contributed by atoms with Crippen molar-refractivity contribution in [2.45, 2.75) is 18.7 Å². The third-order valence-electron chi connectivity index (χ3n) is 5.52. The van der Waals surface area contributed by atoms with Crippen molar-refractivity contribution in [3.8, 4) is 22.8 Å². The van der Waals surface area contributed by atoms with E-state index in [0.29, 0.717) is 39.0 Å². The maximum Gasteiger partial charge on any atom is 0.340 e. The summed E-state index contributed by atoms with van der Waals surface area (Å²) in [5.41, 5.74) is 3.71. The van der Waals surface area contributed by atoms with Crippen LogP contribution in [0.4, 0.5) is 0 Å². The van der Waals surface area contributed by atoms with Crippen LogP contribution in [-0.2, 0) is 10.1 Å². The molecule has 2 aromatic heterocycles. The lowest BCUT2D eigenvalue weighted by Crippen LogP contribution is -2.13. The SMILES string of the molecule is COc1ccc2c3c(c(OS(=O)(=O)c4ccc(C)cc4)nc2c1)C(=O)c1c-3ccnc1C. The first-order valence-corrected chi connectivity index (χ1v) is 11.2. The maximum absolute atomic E-state index is 13.4. The predicted octanol–water partition coefficient (Wildman–Crippen LogP) is 4.23. The van der Waals surface area contributed by atoms with Gasteiger partial charge in [-0.05, 0) is 49.7 Å². The first kappa shape index (κ1) is 20.1. The Morgan fingerprint density at radius 1 is 0.906 bits per heavy atom. The minimum Gasteiger partial charge on any atom is -0.497 e. The Morgan fingerprint density at radius 3 is 2.38 bits per heavy atom. The molecule has 2 aromatic carbocycles. The van der Waals surface area contributed by atoms with Crippen molar-refractivity contribution < 1.29 is 22.1 Å². The number of ketones is 1. The van der Waals surface area contributed by atoms with Crippen molar-refractivity contribution in [1.82, 2.24) is 9.97 Å². The molecule has 0 aliphatic heterocycles. The number of fused-ring (bicyclic) bond motifs is 5. The second kappa shape index (κ2) is 7.13. The van der Waals surface area contributed by atoms with Crippen LogP contribution in [-0.4, -0.2) is 31.3 Å². The molecular formula is C24H18N2O5S. The molecule has 0 saturated heterocycles. The zero-order chi connectivity index (χ0) is 22.6. The summed E-state index contributed by atoms with van der Waals surface area (Å²) >= 11 is 0. The lowest BCUT2D eigenvalue weighted by molar-refractivity contribution is 0.104. The van der Waals surface area contributed by atoms with Gasteiger partial charge in [0.25, 0.3) is 0 Å². The Balaban J connectivity index is 1.78. The van der Waals surface area contributed by atoms with E-state index < -0.39 is 10.1 Å². The molecule has 1 aliphatic carbocycles. The van der Waals surface area contributed by atoms with E-state index in [0.717, 1.165) is 5.56 Å². The Labute approximate surface area is 184 Å². The fourth-order valence-corrected chi connectivity index (χ4v) is 4.84. The van der Waals surface area contributed by atoms with Crippen LogP contribution in [0.25, 0.3) is 22.0 Å². The quantitative estimate of drug-likeness (QED) is 0.381. The van der Waals surface area contributed by atoms with Gasteiger partial charge in [0.1, 0.15) is 10.6 Å². The van der Waals surface area contributed by atoms with Crippen molar-refractivity contribution in [2.24, 2.45) is 0 Å². The van der Waals surface area contributed by atoms with E-state index >= 15 is 0 Å². The van der Waals surface area contributed by atoms with E-state index in [1.807, 2.05) is 6.92 Å². The molecule has 4 aromatic rings. The highest BCUT2D eigenvalue weighted by molar-refractivity contribution is 7.87. The van der Waals surface area contributed by atoms with Crippen LogP contribution in [0.3, 0.4) is 0 Å². The standard InChI is InChI=1S/C24H18N2O5S/c1-13-4-7-16(8-5-13)32(28,29)31-24-22-21(17-9-6-15(30-3)12-19(17)26-24)18-10-11-25-14(2)20(18)23(22)27/h4-12H,1-3H3. The normalized spacial score (nSPS) is 12.5. The Kier molecular flexibility index (Phi) is 4.49. The first-order chi connectivity index (χ1) is 15.3. The highest BCUT2D eigenvalue weighted by Gasteiger charge is 2.36. The number of aromatic nitrogens is 2. The summed E-state index contributed by atoms with van der Waals surface area (Å²) in [5, 5.41) is 0.693. The molecule has 32 heavy (non-hydrogen) atoms. The molecule has 0 radical (unpaired) electrons. The third-order valence-corrected chi connectivity index (χ3v) is 6.75. The third kappa shape index (κ3) is 3.03. The fourth-order valence-electron chi connectivity index (χ4n) is 3.94. The fraction of sp³-hybridized carbons (Fsp3) is 0.125. The summed E-state index contributed by atoms with van der Waals surface area (Å²) in [6.07, 6.45) is 1.62. The van der Waals surface area contributed by atoms with Crippen molar-refractivity contribution in [2.75, 3.05) is 7.11 Å². The van der Waals surface area contributed by atoms with Gasteiger partial charge in [-0.25, -0.2) is 4.98 Å². The summed E-state index contributed by atoms with van der Waals surface area (Å²) in [5.74, 6) is -0.0744. The highest BCUT2D eigenvalue weighted by Crippen LogP contribution is 2.46. The van der Waals surface area contributed by atoms with Crippen LogP contribution in [0.2, 0.25) is 0 Å². The smallest absolute Gasteiger partial charge is 0.340 e. The summed E-state index contributed by atoms with van der Waals surface area (Å²) in [6.45, 7) is 3.60. The molecule has 160 valence electrons. The number of nitrogens with zero attached hydrogens (tertiary/aromatic N) is 2. The van der Waals surface area contributed by atoms with Crippen LogP contribution >= 0.6 is 0 Å². The molecule has 0 atom stereocenters. The van der Waals surface area contributed by atoms with Gasteiger partial charge in [0.05, 0.1) is 23.8 Å². The number of pyridine rings is 2. The van der Waals surface area contributed by atoms with Gasteiger partial charge < -0.3 is 8.92 Å². The molecule has 7 nitrogen and oxygen atoms in total.